The molecule has 2 unspecified atom stereocenters. The average Bonchev–Trinajstić information content (AvgIpc) is 2.47. The first-order valence-corrected chi connectivity index (χ1v) is 7.36. The summed E-state index contributed by atoms with van der Waals surface area (Å²) in [5.74, 6) is 0.530. The van der Waals surface area contributed by atoms with Crippen molar-refractivity contribution in [3.63, 3.8) is 0 Å². The van der Waals surface area contributed by atoms with Crippen LogP contribution >= 0.6 is 0 Å². The minimum atomic E-state index is -0.753. The van der Waals surface area contributed by atoms with Crippen molar-refractivity contribution in [2.45, 2.75) is 51.6 Å². The second-order valence-corrected chi connectivity index (χ2v) is 6.05. The Hall–Kier alpha value is -1.08. The molecule has 19 heavy (non-hydrogen) atoms. The van der Waals surface area contributed by atoms with Crippen molar-refractivity contribution in [3.8, 4) is 6.07 Å². The summed E-state index contributed by atoms with van der Waals surface area (Å²) < 4.78 is 5.46. The number of ether oxygens (including phenoxy) is 1. The monoisotopic (exact) mass is 264 g/mol. The van der Waals surface area contributed by atoms with Gasteiger partial charge in [-0.25, -0.2) is 0 Å². The van der Waals surface area contributed by atoms with Gasteiger partial charge in [0.05, 0.1) is 12.2 Å². The van der Waals surface area contributed by atoms with Crippen LogP contribution < -0.4 is 0 Å². The third-order valence-electron chi connectivity index (χ3n) is 4.81. The molecule has 4 nitrogen and oxygen atoms in total. The summed E-state index contributed by atoms with van der Waals surface area (Å²) in [4.78, 5) is 14.6. The molecule has 1 amide bonds. The fourth-order valence-corrected chi connectivity index (χ4v) is 3.36. The van der Waals surface area contributed by atoms with Gasteiger partial charge in [0.2, 0.25) is 5.91 Å². The van der Waals surface area contributed by atoms with Crippen molar-refractivity contribution in [1.82, 2.24) is 4.90 Å². The molecule has 0 N–H and O–H groups in total. The number of nitrogens with zero attached hydrogens (tertiary/aromatic N) is 2. The first-order valence-electron chi connectivity index (χ1n) is 7.36. The summed E-state index contributed by atoms with van der Waals surface area (Å²) in [6.07, 6.45) is 5.67. The van der Waals surface area contributed by atoms with E-state index < -0.39 is 5.41 Å². The number of likely N-dealkylation sites (tertiary alicyclic amines) is 1. The van der Waals surface area contributed by atoms with Crippen LogP contribution in [-0.2, 0) is 9.53 Å². The van der Waals surface area contributed by atoms with Gasteiger partial charge in [-0.05, 0) is 25.2 Å². The Balaban J connectivity index is 2.08. The number of methoxy groups -OCH3 is 1. The van der Waals surface area contributed by atoms with Gasteiger partial charge in [0.15, 0.2) is 0 Å². The molecule has 1 aliphatic carbocycles. The van der Waals surface area contributed by atoms with E-state index in [9.17, 15) is 10.1 Å². The summed E-state index contributed by atoms with van der Waals surface area (Å²) >= 11 is 0. The van der Waals surface area contributed by atoms with Crippen molar-refractivity contribution >= 4 is 5.91 Å². The van der Waals surface area contributed by atoms with E-state index >= 15 is 0 Å². The van der Waals surface area contributed by atoms with E-state index in [1.54, 1.807) is 7.11 Å². The molecule has 0 spiro atoms. The van der Waals surface area contributed by atoms with Gasteiger partial charge in [0, 0.05) is 20.2 Å². The first kappa shape index (κ1) is 14.3. The number of rotatable bonds is 2. The highest BCUT2D eigenvalue weighted by Crippen LogP contribution is 2.38. The lowest BCUT2D eigenvalue weighted by Crippen LogP contribution is -2.52. The second-order valence-electron chi connectivity index (χ2n) is 6.05. The number of carbonyl (C=O) groups is 1. The number of hydrogen-bond donors (Lipinski definition) is 0. The minimum absolute atomic E-state index is 0.0450. The Morgan fingerprint density at radius 3 is 2.63 bits per heavy atom. The van der Waals surface area contributed by atoms with Gasteiger partial charge in [-0.2, -0.15) is 5.26 Å². The molecule has 0 radical (unpaired) electrons. The zero-order valence-electron chi connectivity index (χ0n) is 12.0. The highest BCUT2D eigenvalue weighted by molar-refractivity contribution is 5.85. The molecule has 2 atom stereocenters. The van der Waals surface area contributed by atoms with Gasteiger partial charge in [0.25, 0.3) is 0 Å². The lowest BCUT2D eigenvalue weighted by atomic mass is 9.74. The number of amides is 1. The highest BCUT2D eigenvalue weighted by atomic mass is 16.5. The number of hydrogen-bond acceptors (Lipinski definition) is 3. The van der Waals surface area contributed by atoms with Crippen LogP contribution in [0.3, 0.4) is 0 Å². The summed E-state index contributed by atoms with van der Waals surface area (Å²) in [5.41, 5.74) is -0.753. The van der Waals surface area contributed by atoms with Crippen LogP contribution in [0, 0.1) is 22.7 Å². The first-order chi connectivity index (χ1) is 9.13. The standard InChI is InChI=1S/C15H24N2O2/c1-12-6-9-17(10-13(12)19-2)14(18)15(11-16)7-4-3-5-8-15/h12-13H,3-10H2,1-2H3. The molecule has 0 aromatic heterocycles. The fraction of sp³-hybridized carbons (Fsp3) is 0.867. The second kappa shape index (κ2) is 5.92. The van der Waals surface area contributed by atoms with Crippen LogP contribution in [0.4, 0.5) is 0 Å². The van der Waals surface area contributed by atoms with Crippen molar-refractivity contribution in [1.29, 1.82) is 5.26 Å². The van der Waals surface area contributed by atoms with Crippen LogP contribution in [0.2, 0.25) is 0 Å². The maximum atomic E-state index is 12.7. The van der Waals surface area contributed by atoms with Crippen LogP contribution in [-0.4, -0.2) is 37.1 Å². The van der Waals surface area contributed by atoms with E-state index in [1.807, 2.05) is 4.90 Å². The predicted molar refractivity (Wildman–Crippen MR) is 72.3 cm³/mol. The Morgan fingerprint density at radius 2 is 2.05 bits per heavy atom. The number of carbonyl (C=O) groups excluding carboxylic acids is 1. The lowest BCUT2D eigenvalue weighted by molar-refractivity contribution is -0.145. The maximum Gasteiger partial charge on any atom is 0.243 e. The molecule has 0 aromatic rings. The van der Waals surface area contributed by atoms with Crippen molar-refractivity contribution in [2.75, 3.05) is 20.2 Å². The van der Waals surface area contributed by atoms with Gasteiger partial charge in [-0.3, -0.25) is 4.79 Å². The summed E-state index contributed by atoms with van der Waals surface area (Å²) in [6, 6.07) is 2.33. The quantitative estimate of drug-likeness (QED) is 0.769. The molecular formula is C15H24N2O2. The molecule has 4 heteroatoms. The number of nitriles is 1. The average molecular weight is 264 g/mol. The molecule has 106 valence electrons. The molecule has 1 saturated heterocycles. The van der Waals surface area contributed by atoms with Crippen LogP contribution in [0.5, 0.6) is 0 Å². The predicted octanol–water partition coefficient (Wildman–Crippen LogP) is 2.34. The third kappa shape index (κ3) is 2.76. The molecule has 2 aliphatic rings. The maximum absolute atomic E-state index is 12.7. The Labute approximate surface area is 115 Å². The molecular weight excluding hydrogens is 240 g/mol. The van der Waals surface area contributed by atoms with Gasteiger partial charge < -0.3 is 9.64 Å². The molecule has 1 saturated carbocycles. The van der Waals surface area contributed by atoms with Gasteiger partial charge in [-0.1, -0.05) is 26.2 Å². The molecule has 2 rings (SSSR count). The molecule has 1 heterocycles. The third-order valence-corrected chi connectivity index (χ3v) is 4.81. The molecule has 0 aromatic carbocycles. The zero-order chi connectivity index (χ0) is 13.9. The lowest BCUT2D eigenvalue weighted by Gasteiger charge is -2.40. The Morgan fingerprint density at radius 1 is 1.37 bits per heavy atom. The van der Waals surface area contributed by atoms with E-state index in [4.69, 9.17) is 4.74 Å². The largest absolute Gasteiger partial charge is 0.379 e. The molecule has 1 aliphatic heterocycles. The Kier molecular flexibility index (Phi) is 4.46. The molecule has 0 bridgehead atoms. The Bertz CT molecular complexity index is 369. The van der Waals surface area contributed by atoms with Gasteiger partial charge >= 0.3 is 0 Å². The summed E-state index contributed by atoms with van der Waals surface area (Å²) in [5, 5.41) is 9.49. The molecule has 2 fully saturated rings. The normalized spacial score (nSPS) is 30.7. The van der Waals surface area contributed by atoms with E-state index in [0.717, 1.165) is 45.1 Å². The van der Waals surface area contributed by atoms with Crippen LogP contribution in [0.15, 0.2) is 0 Å². The van der Waals surface area contributed by atoms with E-state index in [0.29, 0.717) is 12.5 Å². The van der Waals surface area contributed by atoms with Crippen LogP contribution in [0.1, 0.15) is 45.4 Å². The van der Waals surface area contributed by atoms with Gasteiger partial charge in [-0.15, -0.1) is 0 Å². The smallest absolute Gasteiger partial charge is 0.243 e. The van der Waals surface area contributed by atoms with E-state index in [1.165, 1.54) is 0 Å². The van der Waals surface area contributed by atoms with E-state index in [-0.39, 0.29) is 12.0 Å². The summed E-state index contributed by atoms with van der Waals surface area (Å²) in [6.45, 7) is 3.57. The summed E-state index contributed by atoms with van der Waals surface area (Å²) in [7, 11) is 1.70. The minimum Gasteiger partial charge on any atom is -0.379 e. The highest BCUT2D eigenvalue weighted by Gasteiger charge is 2.44. The van der Waals surface area contributed by atoms with Crippen LogP contribution in [0.25, 0.3) is 0 Å². The SMILES string of the molecule is COC1CN(C(=O)C2(C#N)CCCCC2)CCC1C. The topological polar surface area (TPSA) is 53.3 Å². The fourth-order valence-electron chi connectivity index (χ4n) is 3.36. The number of piperidine rings is 1. The van der Waals surface area contributed by atoms with Crippen molar-refractivity contribution in [2.24, 2.45) is 11.3 Å². The zero-order valence-corrected chi connectivity index (χ0v) is 12.0. The van der Waals surface area contributed by atoms with E-state index in [2.05, 4.69) is 13.0 Å². The van der Waals surface area contributed by atoms with Crippen molar-refractivity contribution < 1.29 is 9.53 Å². The van der Waals surface area contributed by atoms with Gasteiger partial charge in [0.1, 0.15) is 5.41 Å². The van der Waals surface area contributed by atoms with Crippen molar-refractivity contribution in [3.05, 3.63) is 0 Å².